The van der Waals surface area contributed by atoms with Crippen LogP contribution in [0.2, 0.25) is 0 Å². The van der Waals surface area contributed by atoms with Crippen molar-refractivity contribution in [2.45, 2.75) is 84.5 Å². The monoisotopic (exact) mass is 288 g/mol. The molecule has 0 aliphatic heterocycles. The van der Waals surface area contributed by atoms with E-state index in [1.807, 2.05) is 6.07 Å². The molecule has 1 aliphatic rings. The fraction of sp³-hybridized carbons (Fsp3) is 0.700. The third-order valence-corrected chi connectivity index (χ3v) is 4.83. The minimum Gasteiger partial charge on any atom is -0.508 e. The number of phenolic OH excluding ortho intramolecular Hbond substituents is 1. The fourth-order valence-electron chi connectivity index (χ4n) is 4.14. The van der Waals surface area contributed by atoms with Crippen LogP contribution in [0.3, 0.4) is 0 Å². The summed E-state index contributed by atoms with van der Waals surface area (Å²) in [6.45, 7) is 11.6. The molecule has 2 rings (SSSR count). The SMILES string of the molecule is CC(C)(C)CC(C)(C)c1ccc(O)c(C2CCCCC2)c1. The topological polar surface area (TPSA) is 20.2 Å². The lowest BCUT2D eigenvalue weighted by atomic mass is 9.71. The highest BCUT2D eigenvalue weighted by Gasteiger charge is 2.29. The molecule has 21 heavy (non-hydrogen) atoms. The number of aromatic hydroxyl groups is 1. The molecule has 0 radical (unpaired) electrons. The smallest absolute Gasteiger partial charge is 0.119 e. The summed E-state index contributed by atoms with van der Waals surface area (Å²) in [5, 5.41) is 10.3. The molecule has 1 aliphatic carbocycles. The predicted molar refractivity (Wildman–Crippen MR) is 91.0 cm³/mol. The first-order valence-corrected chi connectivity index (χ1v) is 8.52. The number of rotatable bonds is 3. The fourth-order valence-corrected chi connectivity index (χ4v) is 4.14. The summed E-state index contributed by atoms with van der Waals surface area (Å²) in [6, 6.07) is 6.33. The van der Waals surface area contributed by atoms with Gasteiger partial charge in [-0.05, 0) is 53.2 Å². The third-order valence-electron chi connectivity index (χ3n) is 4.83. The van der Waals surface area contributed by atoms with E-state index in [-0.39, 0.29) is 5.41 Å². The van der Waals surface area contributed by atoms with E-state index in [4.69, 9.17) is 0 Å². The van der Waals surface area contributed by atoms with Gasteiger partial charge >= 0.3 is 0 Å². The van der Waals surface area contributed by atoms with Crippen molar-refractivity contribution >= 4 is 0 Å². The minimum atomic E-state index is 0.148. The summed E-state index contributed by atoms with van der Waals surface area (Å²) in [6.07, 6.45) is 7.58. The Balaban J connectivity index is 2.29. The molecule has 1 fully saturated rings. The van der Waals surface area contributed by atoms with Gasteiger partial charge in [0.2, 0.25) is 0 Å². The molecule has 0 unspecified atom stereocenters. The van der Waals surface area contributed by atoms with Gasteiger partial charge in [0.1, 0.15) is 5.75 Å². The Labute approximate surface area is 130 Å². The molecule has 0 spiro atoms. The predicted octanol–water partition coefficient (Wildman–Crippen LogP) is 6.15. The van der Waals surface area contributed by atoms with Crippen LogP contribution in [0.4, 0.5) is 0 Å². The van der Waals surface area contributed by atoms with Crippen molar-refractivity contribution < 1.29 is 5.11 Å². The van der Waals surface area contributed by atoms with Crippen LogP contribution in [-0.4, -0.2) is 5.11 Å². The van der Waals surface area contributed by atoms with Crippen LogP contribution in [0.25, 0.3) is 0 Å². The Morgan fingerprint density at radius 2 is 1.62 bits per heavy atom. The van der Waals surface area contributed by atoms with Crippen LogP contribution in [-0.2, 0) is 5.41 Å². The molecule has 1 aromatic rings. The van der Waals surface area contributed by atoms with E-state index in [1.54, 1.807) is 0 Å². The van der Waals surface area contributed by atoms with Crippen molar-refractivity contribution in [3.63, 3.8) is 0 Å². The van der Waals surface area contributed by atoms with Gasteiger partial charge in [0.25, 0.3) is 0 Å². The average Bonchev–Trinajstić information content (AvgIpc) is 2.37. The van der Waals surface area contributed by atoms with Gasteiger partial charge < -0.3 is 5.11 Å². The van der Waals surface area contributed by atoms with Crippen LogP contribution >= 0.6 is 0 Å². The molecular formula is C20H32O. The summed E-state index contributed by atoms with van der Waals surface area (Å²) in [7, 11) is 0. The second kappa shape index (κ2) is 6.02. The molecule has 0 aromatic heterocycles. The lowest BCUT2D eigenvalue weighted by Gasteiger charge is -2.34. The lowest BCUT2D eigenvalue weighted by molar-refractivity contribution is 0.283. The van der Waals surface area contributed by atoms with Gasteiger partial charge in [-0.2, -0.15) is 0 Å². The van der Waals surface area contributed by atoms with Gasteiger partial charge in [0.15, 0.2) is 0 Å². The molecule has 118 valence electrons. The van der Waals surface area contributed by atoms with Crippen LogP contribution in [0.15, 0.2) is 18.2 Å². The summed E-state index contributed by atoms with van der Waals surface area (Å²) in [5.41, 5.74) is 3.02. The van der Waals surface area contributed by atoms with Gasteiger partial charge in [-0.15, -0.1) is 0 Å². The van der Waals surface area contributed by atoms with Crippen LogP contribution in [0, 0.1) is 5.41 Å². The van der Waals surface area contributed by atoms with Crippen molar-refractivity contribution in [3.8, 4) is 5.75 Å². The molecule has 0 heterocycles. The molecule has 1 nitrogen and oxygen atoms in total. The molecule has 0 atom stereocenters. The zero-order valence-electron chi connectivity index (χ0n) is 14.5. The number of hydrogen-bond acceptors (Lipinski definition) is 1. The van der Waals surface area contributed by atoms with Crippen molar-refractivity contribution in [2.24, 2.45) is 5.41 Å². The molecule has 0 saturated heterocycles. The van der Waals surface area contributed by atoms with Crippen molar-refractivity contribution in [1.82, 2.24) is 0 Å². The highest BCUT2D eigenvalue weighted by atomic mass is 16.3. The Morgan fingerprint density at radius 3 is 2.19 bits per heavy atom. The first kappa shape index (κ1) is 16.4. The number of phenols is 1. The summed E-state index contributed by atoms with van der Waals surface area (Å²) in [5.74, 6) is 1.06. The summed E-state index contributed by atoms with van der Waals surface area (Å²) >= 11 is 0. The van der Waals surface area contributed by atoms with E-state index in [9.17, 15) is 5.11 Å². The molecule has 1 heteroatoms. The first-order valence-electron chi connectivity index (χ1n) is 8.52. The molecule has 1 aromatic carbocycles. The van der Waals surface area contributed by atoms with Gasteiger partial charge in [-0.25, -0.2) is 0 Å². The third kappa shape index (κ3) is 4.25. The van der Waals surface area contributed by atoms with Crippen molar-refractivity contribution in [2.75, 3.05) is 0 Å². The maximum atomic E-state index is 10.3. The Hall–Kier alpha value is -0.980. The molecule has 0 bridgehead atoms. The zero-order valence-corrected chi connectivity index (χ0v) is 14.5. The standard InChI is InChI=1S/C20H32O/c1-19(2,3)14-20(4,5)16-11-12-18(21)17(13-16)15-9-7-6-8-10-15/h11-13,15,21H,6-10,14H2,1-5H3. The van der Waals surface area contributed by atoms with Crippen LogP contribution < -0.4 is 0 Å². The van der Waals surface area contributed by atoms with Gasteiger partial charge in [-0.3, -0.25) is 0 Å². The molecular weight excluding hydrogens is 256 g/mol. The number of hydrogen-bond donors (Lipinski definition) is 1. The minimum absolute atomic E-state index is 0.148. The molecule has 1 saturated carbocycles. The Kier molecular flexibility index (Phi) is 4.70. The Bertz CT molecular complexity index is 473. The first-order chi connectivity index (χ1) is 9.69. The van der Waals surface area contributed by atoms with Crippen molar-refractivity contribution in [3.05, 3.63) is 29.3 Å². The summed E-state index contributed by atoms with van der Waals surface area (Å²) in [4.78, 5) is 0. The zero-order chi connectivity index (χ0) is 15.7. The largest absolute Gasteiger partial charge is 0.508 e. The van der Waals surface area contributed by atoms with E-state index in [2.05, 4.69) is 46.8 Å². The van der Waals surface area contributed by atoms with E-state index < -0.39 is 0 Å². The van der Waals surface area contributed by atoms with Crippen LogP contribution in [0.1, 0.15) is 90.2 Å². The number of benzene rings is 1. The normalized spacial score (nSPS) is 18.0. The van der Waals surface area contributed by atoms with E-state index in [0.29, 0.717) is 17.1 Å². The average molecular weight is 288 g/mol. The molecule has 0 amide bonds. The van der Waals surface area contributed by atoms with Gasteiger partial charge in [-0.1, -0.05) is 66.0 Å². The van der Waals surface area contributed by atoms with E-state index in [0.717, 1.165) is 6.42 Å². The quantitative estimate of drug-likeness (QED) is 0.706. The van der Waals surface area contributed by atoms with E-state index in [1.165, 1.54) is 43.2 Å². The lowest BCUT2D eigenvalue weighted by Crippen LogP contribution is -2.25. The Morgan fingerprint density at radius 1 is 1.00 bits per heavy atom. The summed E-state index contributed by atoms with van der Waals surface area (Å²) < 4.78 is 0. The van der Waals surface area contributed by atoms with E-state index >= 15 is 0 Å². The second-order valence-electron chi connectivity index (χ2n) is 8.73. The molecule has 1 N–H and O–H groups in total. The van der Waals surface area contributed by atoms with Crippen molar-refractivity contribution in [1.29, 1.82) is 0 Å². The van der Waals surface area contributed by atoms with Gasteiger partial charge in [0.05, 0.1) is 0 Å². The van der Waals surface area contributed by atoms with Crippen LogP contribution in [0.5, 0.6) is 5.75 Å². The maximum absolute atomic E-state index is 10.3. The highest BCUT2D eigenvalue weighted by Crippen LogP contribution is 2.41. The highest BCUT2D eigenvalue weighted by molar-refractivity contribution is 5.41. The maximum Gasteiger partial charge on any atom is 0.119 e. The van der Waals surface area contributed by atoms with Gasteiger partial charge in [0, 0.05) is 0 Å². The second-order valence-corrected chi connectivity index (χ2v) is 8.73.